The molecule has 1 aliphatic rings. The summed E-state index contributed by atoms with van der Waals surface area (Å²) in [4.78, 5) is 21.2. The van der Waals surface area contributed by atoms with E-state index in [2.05, 4.69) is 37.6 Å². The third kappa shape index (κ3) is 6.50. The van der Waals surface area contributed by atoms with Gasteiger partial charge in [0, 0.05) is 23.7 Å². The molecule has 1 saturated heterocycles. The number of aryl methyl sites for hydroxylation is 1. The van der Waals surface area contributed by atoms with Gasteiger partial charge in [-0.3, -0.25) is 4.79 Å². The van der Waals surface area contributed by atoms with Gasteiger partial charge in [-0.05, 0) is 56.5 Å². The topological polar surface area (TPSA) is 46.8 Å². The molecule has 9 heteroatoms. The Kier molecular flexibility index (Phi) is 8.29. The number of carbonyl (C=O) groups is 1. The molecule has 0 unspecified atom stereocenters. The van der Waals surface area contributed by atoms with Crippen LogP contribution in [0.25, 0.3) is 0 Å². The Balaban J connectivity index is 2.00. The van der Waals surface area contributed by atoms with E-state index in [4.69, 9.17) is 4.74 Å². The first kappa shape index (κ1) is 26.5. The van der Waals surface area contributed by atoms with E-state index in [9.17, 15) is 18.0 Å². The average molecular weight is 498 g/mol. The van der Waals surface area contributed by atoms with Crippen molar-refractivity contribution in [2.75, 3.05) is 20.2 Å². The van der Waals surface area contributed by atoms with Crippen molar-refractivity contribution in [3.8, 4) is 5.75 Å². The molecule has 0 bridgehead atoms. The predicted octanol–water partition coefficient (Wildman–Crippen LogP) is 5.88. The number of likely N-dealkylation sites (tertiary alicyclic amines) is 1. The molecule has 0 N–H and O–H groups in total. The van der Waals surface area contributed by atoms with Crippen LogP contribution in [0.1, 0.15) is 74.2 Å². The summed E-state index contributed by atoms with van der Waals surface area (Å²) in [6.45, 7) is 10.3. The molecule has 34 heavy (non-hydrogen) atoms. The number of likely N-dealkylation sites (N-methyl/N-ethyl adjacent to an activating group) is 1. The number of amides is 1. The number of nitrogens with zero attached hydrogens (tertiary/aromatic N) is 3. The monoisotopic (exact) mass is 497 g/mol. The second-order valence-electron chi connectivity index (χ2n) is 9.89. The highest BCUT2D eigenvalue weighted by Gasteiger charge is 2.32. The number of carbonyl (C=O) groups excluding carboxylic acids is 1. The van der Waals surface area contributed by atoms with Crippen LogP contribution in [0.2, 0.25) is 0 Å². The van der Waals surface area contributed by atoms with Crippen molar-refractivity contribution in [1.82, 2.24) is 9.47 Å². The van der Waals surface area contributed by atoms with Crippen LogP contribution < -0.4 is 9.54 Å². The van der Waals surface area contributed by atoms with Crippen molar-refractivity contribution in [3.05, 3.63) is 45.2 Å². The van der Waals surface area contributed by atoms with E-state index < -0.39 is 17.6 Å². The van der Waals surface area contributed by atoms with Gasteiger partial charge < -0.3 is 14.2 Å². The summed E-state index contributed by atoms with van der Waals surface area (Å²) >= 11 is 1.40. The zero-order chi connectivity index (χ0) is 25.1. The first-order valence-corrected chi connectivity index (χ1v) is 12.6. The fraction of sp³-hybridized carbons (Fsp3) is 0.600. The van der Waals surface area contributed by atoms with Crippen molar-refractivity contribution >= 4 is 17.2 Å². The summed E-state index contributed by atoms with van der Waals surface area (Å²) in [6.07, 6.45) is 1.31. The average Bonchev–Trinajstić information content (AvgIpc) is 3.35. The van der Waals surface area contributed by atoms with Crippen LogP contribution in [0.5, 0.6) is 5.75 Å². The van der Waals surface area contributed by atoms with Crippen LogP contribution in [0.15, 0.2) is 29.4 Å². The molecule has 1 fully saturated rings. The van der Waals surface area contributed by atoms with Crippen molar-refractivity contribution in [2.24, 2.45) is 4.99 Å². The largest absolute Gasteiger partial charge is 0.491 e. The summed E-state index contributed by atoms with van der Waals surface area (Å²) in [6, 6.07) is 3.22. The number of unbranched alkanes of at least 4 members (excludes halogenated alkanes) is 1. The van der Waals surface area contributed by atoms with Crippen molar-refractivity contribution in [3.63, 3.8) is 0 Å². The quantitative estimate of drug-likeness (QED) is 0.480. The Labute approximate surface area is 203 Å². The molecular formula is C25H34F3N3O2S. The maximum Gasteiger partial charge on any atom is 0.416 e. The van der Waals surface area contributed by atoms with Gasteiger partial charge in [-0.2, -0.15) is 18.2 Å². The molecule has 1 aliphatic heterocycles. The van der Waals surface area contributed by atoms with Crippen molar-refractivity contribution in [2.45, 2.75) is 77.6 Å². The third-order valence-electron chi connectivity index (χ3n) is 6.05. The zero-order valence-corrected chi connectivity index (χ0v) is 21.4. The molecule has 0 aliphatic carbocycles. The fourth-order valence-corrected chi connectivity index (χ4v) is 4.90. The van der Waals surface area contributed by atoms with Crippen LogP contribution in [0, 0.1) is 0 Å². The van der Waals surface area contributed by atoms with Gasteiger partial charge in [0.15, 0.2) is 4.80 Å². The molecule has 3 rings (SSSR count). The lowest BCUT2D eigenvalue weighted by molar-refractivity contribution is -0.137. The maximum absolute atomic E-state index is 13.4. The van der Waals surface area contributed by atoms with E-state index in [-0.39, 0.29) is 22.8 Å². The Bertz CT molecular complexity index is 1070. The minimum Gasteiger partial charge on any atom is -0.491 e. The molecule has 1 atom stereocenters. The Morgan fingerprint density at radius 2 is 2.00 bits per heavy atom. The van der Waals surface area contributed by atoms with Crippen LogP contribution in [-0.4, -0.2) is 41.6 Å². The molecular weight excluding hydrogens is 463 g/mol. The predicted molar refractivity (Wildman–Crippen MR) is 128 cm³/mol. The summed E-state index contributed by atoms with van der Waals surface area (Å²) in [5.74, 6) is -0.594. The minimum absolute atomic E-state index is 0.132. The lowest BCUT2D eigenvalue weighted by Crippen LogP contribution is -2.30. The molecule has 0 spiro atoms. The van der Waals surface area contributed by atoms with Gasteiger partial charge in [0.2, 0.25) is 0 Å². The molecule has 1 aromatic heterocycles. The van der Waals surface area contributed by atoms with E-state index in [1.807, 2.05) is 17.8 Å². The maximum atomic E-state index is 13.4. The number of benzene rings is 1. The van der Waals surface area contributed by atoms with Crippen molar-refractivity contribution in [1.29, 1.82) is 0 Å². The van der Waals surface area contributed by atoms with Crippen LogP contribution in [-0.2, 0) is 18.1 Å². The molecule has 0 radical (unpaired) electrons. The molecule has 188 valence electrons. The van der Waals surface area contributed by atoms with Gasteiger partial charge in [0.05, 0.1) is 11.1 Å². The lowest BCUT2D eigenvalue weighted by atomic mass is 9.95. The first-order chi connectivity index (χ1) is 15.9. The van der Waals surface area contributed by atoms with E-state index in [1.165, 1.54) is 17.4 Å². The summed E-state index contributed by atoms with van der Waals surface area (Å²) < 4.78 is 48.1. The number of alkyl halides is 3. The summed E-state index contributed by atoms with van der Waals surface area (Å²) in [5.41, 5.74) is -1.19. The molecule has 0 saturated carbocycles. The van der Waals surface area contributed by atoms with E-state index in [0.29, 0.717) is 18.0 Å². The van der Waals surface area contributed by atoms with Gasteiger partial charge in [0.1, 0.15) is 12.4 Å². The van der Waals surface area contributed by atoms with Crippen LogP contribution in [0.3, 0.4) is 0 Å². The summed E-state index contributed by atoms with van der Waals surface area (Å²) in [7, 11) is 1.99. The number of hydrogen-bond donors (Lipinski definition) is 0. The van der Waals surface area contributed by atoms with Gasteiger partial charge in [-0.15, -0.1) is 11.3 Å². The number of hydrogen-bond acceptors (Lipinski definition) is 4. The Morgan fingerprint density at radius 3 is 2.59 bits per heavy atom. The number of ether oxygens (including phenoxy) is 1. The smallest absolute Gasteiger partial charge is 0.416 e. The fourth-order valence-electron chi connectivity index (χ4n) is 3.82. The standard InChI is InChI=1S/C25H34F3N3O2S/c1-6-7-13-31-15-21(24(2,3)4)34-23(31)29-22(32)19-14-17(25(26,27)28)10-11-20(19)33-16-18-9-8-12-30(18)5/h10-11,14-15,18H,6-9,12-13,16H2,1-5H3/t18-/m0/s1. The van der Waals surface area contributed by atoms with E-state index >= 15 is 0 Å². The first-order valence-electron chi connectivity index (χ1n) is 11.7. The van der Waals surface area contributed by atoms with Gasteiger partial charge in [0.25, 0.3) is 5.91 Å². The lowest BCUT2D eigenvalue weighted by Gasteiger charge is -2.20. The molecule has 5 nitrogen and oxygen atoms in total. The van der Waals surface area contributed by atoms with Gasteiger partial charge >= 0.3 is 6.18 Å². The number of halogens is 3. The third-order valence-corrected chi connectivity index (χ3v) is 7.50. The highest BCUT2D eigenvalue weighted by molar-refractivity contribution is 7.09. The zero-order valence-electron chi connectivity index (χ0n) is 20.5. The Morgan fingerprint density at radius 1 is 1.26 bits per heavy atom. The minimum atomic E-state index is -4.57. The highest BCUT2D eigenvalue weighted by Crippen LogP contribution is 2.33. The highest BCUT2D eigenvalue weighted by atomic mass is 32.1. The van der Waals surface area contributed by atoms with E-state index in [1.54, 1.807) is 0 Å². The summed E-state index contributed by atoms with van der Waals surface area (Å²) in [5, 5.41) is 0. The SMILES string of the molecule is CCCCn1cc(C(C)(C)C)sc1=NC(=O)c1cc(C(F)(F)F)ccc1OC[C@@H]1CCCN1C. The second kappa shape index (κ2) is 10.6. The molecule has 1 aromatic carbocycles. The van der Waals surface area contributed by atoms with Gasteiger partial charge in [-0.25, -0.2) is 0 Å². The van der Waals surface area contributed by atoms with Crippen molar-refractivity contribution < 1.29 is 22.7 Å². The number of thiazole rings is 1. The van der Waals surface area contributed by atoms with E-state index in [0.717, 1.165) is 49.2 Å². The van der Waals surface area contributed by atoms with Gasteiger partial charge in [-0.1, -0.05) is 34.1 Å². The van der Waals surface area contributed by atoms with Crippen LogP contribution >= 0.6 is 11.3 Å². The molecule has 2 heterocycles. The Hall–Kier alpha value is -2.13. The normalized spacial score (nSPS) is 18.0. The number of rotatable bonds is 7. The second-order valence-corrected chi connectivity index (χ2v) is 10.9. The molecule has 1 amide bonds. The number of aromatic nitrogens is 1. The molecule has 2 aromatic rings. The van der Waals surface area contributed by atoms with Crippen LogP contribution in [0.4, 0.5) is 13.2 Å².